The van der Waals surface area contributed by atoms with E-state index in [0.717, 1.165) is 17.4 Å². The summed E-state index contributed by atoms with van der Waals surface area (Å²) in [5.41, 5.74) is 7.40. The van der Waals surface area contributed by atoms with Gasteiger partial charge >= 0.3 is 0 Å². The summed E-state index contributed by atoms with van der Waals surface area (Å²) in [6.07, 6.45) is 2.34. The number of rotatable bonds is 3. The highest BCUT2D eigenvalue weighted by Crippen LogP contribution is 2.27. The number of hydrogen-bond acceptors (Lipinski definition) is 9. The van der Waals surface area contributed by atoms with Crippen LogP contribution in [-0.2, 0) is 0 Å². The van der Waals surface area contributed by atoms with Gasteiger partial charge in [0.1, 0.15) is 5.51 Å². The molecule has 1 aliphatic rings. The molecule has 0 amide bonds. The van der Waals surface area contributed by atoms with E-state index in [1.807, 2.05) is 0 Å². The van der Waals surface area contributed by atoms with Crippen molar-refractivity contribution in [2.75, 3.05) is 23.7 Å². The van der Waals surface area contributed by atoms with E-state index in [4.69, 9.17) is 5.73 Å². The van der Waals surface area contributed by atoms with Gasteiger partial charge in [0.05, 0.1) is 0 Å². The summed E-state index contributed by atoms with van der Waals surface area (Å²) in [5.74, 6) is 0.908. The van der Waals surface area contributed by atoms with Gasteiger partial charge in [-0.1, -0.05) is 11.3 Å². The molecule has 2 N–H and O–H groups in total. The van der Waals surface area contributed by atoms with Crippen LogP contribution in [0.2, 0.25) is 0 Å². The molecule has 0 spiro atoms. The van der Waals surface area contributed by atoms with Crippen molar-refractivity contribution in [2.45, 2.75) is 22.3 Å². The van der Waals surface area contributed by atoms with Crippen LogP contribution in [0, 0.1) is 0 Å². The number of nitrogens with zero attached hydrogens (tertiary/aromatic N) is 6. The van der Waals surface area contributed by atoms with Crippen molar-refractivity contribution in [3.8, 4) is 0 Å². The zero-order chi connectivity index (χ0) is 12.4. The summed E-state index contributed by atoms with van der Waals surface area (Å²) in [7, 11) is 0. The molecule has 1 saturated heterocycles. The number of nitrogen functional groups attached to an aromatic ring is 1. The van der Waals surface area contributed by atoms with Gasteiger partial charge in [0.15, 0.2) is 4.34 Å². The molecule has 7 nitrogen and oxygen atoms in total. The maximum Gasteiger partial charge on any atom is 0.231 e. The summed E-state index contributed by atoms with van der Waals surface area (Å²) < 4.78 is 0.799. The van der Waals surface area contributed by atoms with Gasteiger partial charge in [-0.25, -0.2) is 0 Å². The lowest BCUT2D eigenvalue weighted by Crippen LogP contribution is -2.21. The molecule has 2 aromatic rings. The molecule has 1 aliphatic heterocycles. The van der Waals surface area contributed by atoms with Gasteiger partial charge in [-0.2, -0.15) is 15.0 Å². The first kappa shape index (κ1) is 11.6. The average molecular weight is 281 g/mol. The van der Waals surface area contributed by atoms with Crippen molar-refractivity contribution in [2.24, 2.45) is 0 Å². The van der Waals surface area contributed by atoms with Crippen LogP contribution in [0.1, 0.15) is 12.8 Å². The lowest BCUT2D eigenvalue weighted by molar-refractivity contribution is 0.833. The fourth-order valence-corrected chi connectivity index (χ4v) is 3.09. The second-order valence-corrected chi connectivity index (χ2v) is 5.82. The Labute approximate surface area is 112 Å². The molecular formula is C9H11N7S2. The van der Waals surface area contributed by atoms with E-state index in [1.165, 1.54) is 35.9 Å². The third kappa shape index (κ3) is 2.51. The van der Waals surface area contributed by atoms with Crippen molar-refractivity contribution in [3.05, 3.63) is 5.51 Å². The first-order valence-electron chi connectivity index (χ1n) is 5.52. The number of aromatic nitrogens is 5. The third-order valence-electron chi connectivity index (χ3n) is 2.53. The molecule has 0 aliphatic carbocycles. The Morgan fingerprint density at radius 1 is 1.22 bits per heavy atom. The second-order valence-electron chi connectivity index (χ2n) is 3.78. The Morgan fingerprint density at radius 3 is 2.78 bits per heavy atom. The summed E-state index contributed by atoms with van der Waals surface area (Å²) in [4.78, 5) is 14.8. The lowest BCUT2D eigenvalue weighted by Gasteiger charge is -2.15. The SMILES string of the molecule is Nc1nc(Sc2nncs2)nc(N2CCCC2)n1. The summed E-state index contributed by atoms with van der Waals surface area (Å²) in [6.45, 7) is 1.96. The summed E-state index contributed by atoms with van der Waals surface area (Å²) in [5, 5.41) is 8.29. The largest absolute Gasteiger partial charge is 0.368 e. The zero-order valence-corrected chi connectivity index (χ0v) is 11.1. The van der Waals surface area contributed by atoms with Crippen molar-refractivity contribution in [3.63, 3.8) is 0 Å². The van der Waals surface area contributed by atoms with Crippen LogP contribution in [0.3, 0.4) is 0 Å². The molecular weight excluding hydrogens is 270 g/mol. The van der Waals surface area contributed by atoms with Gasteiger partial charge in [0, 0.05) is 13.1 Å². The Morgan fingerprint density at radius 2 is 2.06 bits per heavy atom. The molecule has 0 unspecified atom stereocenters. The molecule has 1 fully saturated rings. The molecule has 0 atom stereocenters. The highest BCUT2D eigenvalue weighted by atomic mass is 32.2. The topological polar surface area (TPSA) is 93.7 Å². The van der Waals surface area contributed by atoms with Gasteiger partial charge in [-0.3, -0.25) is 0 Å². The number of hydrogen-bond donors (Lipinski definition) is 1. The van der Waals surface area contributed by atoms with E-state index in [0.29, 0.717) is 11.1 Å². The summed E-state index contributed by atoms with van der Waals surface area (Å²) >= 11 is 2.81. The fraction of sp³-hybridized carbons (Fsp3) is 0.444. The first-order valence-corrected chi connectivity index (χ1v) is 7.21. The minimum absolute atomic E-state index is 0.249. The van der Waals surface area contributed by atoms with E-state index >= 15 is 0 Å². The van der Waals surface area contributed by atoms with Crippen molar-refractivity contribution in [1.29, 1.82) is 0 Å². The maximum absolute atomic E-state index is 5.72. The highest BCUT2D eigenvalue weighted by Gasteiger charge is 2.17. The predicted octanol–water partition coefficient (Wildman–Crippen LogP) is 1.06. The van der Waals surface area contributed by atoms with Crippen LogP contribution in [0.15, 0.2) is 15.0 Å². The van der Waals surface area contributed by atoms with Gasteiger partial charge in [0.25, 0.3) is 0 Å². The van der Waals surface area contributed by atoms with Crippen LogP contribution in [0.5, 0.6) is 0 Å². The molecule has 3 rings (SSSR count). The zero-order valence-electron chi connectivity index (χ0n) is 9.48. The van der Waals surface area contributed by atoms with E-state index < -0.39 is 0 Å². The maximum atomic E-state index is 5.72. The standard InChI is InChI=1S/C9H11N7S2/c10-6-12-7(16-3-1-2-4-16)14-8(13-6)18-9-15-11-5-17-9/h5H,1-4H2,(H2,10,12,13,14). The van der Waals surface area contributed by atoms with Crippen LogP contribution in [-0.4, -0.2) is 38.2 Å². The van der Waals surface area contributed by atoms with Gasteiger partial charge in [0.2, 0.25) is 17.1 Å². The monoisotopic (exact) mass is 281 g/mol. The van der Waals surface area contributed by atoms with Crippen LogP contribution in [0.25, 0.3) is 0 Å². The van der Waals surface area contributed by atoms with E-state index in [9.17, 15) is 0 Å². The average Bonchev–Trinajstić information content (AvgIpc) is 3.00. The quantitative estimate of drug-likeness (QED) is 0.892. The van der Waals surface area contributed by atoms with E-state index in [1.54, 1.807) is 5.51 Å². The molecule has 0 saturated carbocycles. The van der Waals surface area contributed by atoms with Gasteiger partial charge in [-0.15, -0.1) is 10.2 Å². The predicted molar refractivity (Wildman–Crippen MR) is 69.7 cm³/mol. The molecule has 0 radical (unpaired) electrons. The number of anilines is 2. The Hall–Kier alpha value is -1.48. The van der Waals surface area contributed by atoms with E-state index in [2.05, 4.69) is 30.0 Å². The van der Waals surface area contributed by atoms with Crippen molar-refractivity contribution < 1.29 is 0 Å². The minimum Gasteiger partial charge on any atom is -0.368 e. The normalized spacial score (nSPS) is 15.2. The molecule has 0 aromatic carbocycles. The summed E-state index contributed by atoms with van der Waals surface area (Å²) in [6, 6.07) is 0. The third-order valence-corrected chi connectivity index (χ3v) is 4.17. The molecule has 0 bridgehead atoms. The molecule has 94 valence electrons. The number of nitrogens with two attached hydrogens (primary N) is 1. The molecule has 3 heterocycles. The van der Waals surface area contributed by atoms with Crippen molar-refractivity contribution in [1.82, 2.24) is 25.1 Å². The Kier molecular flexibility index (Phi) is 3.24. The lowest BCUT2D eigenvalue weighted by atomic mass is 10.4. The smallest absolute Gasteiger partial charge is 0.231 e. The molecule has 9 heteroatoms. The Bertz CT molecular complexity index is 524. The molecule has 2 aromatic heterocycles. The van der Waals surface area contributed by atoms with Crippen molar-refractivity contribution >= 4 is 35.0 Å². The van der Waals surface area contributed by atoms with E-state index in [-0.39, 0.29) is 5.95 Å². The molecule has 18 heavy (non-hydrogen) atoms. The minimum atomic E-state index is 0.249. The van der Waals surface area contributed by atoms with Gasteiger partial charge < -0.3 is 10.6 Å². The first-order chi connectivity index (χ1) is 8.81. The fourth-order valence-electron chi connectivity index (χ4n) is 1.75. The van der Waals surface area contributed by atoms with Crippen LogP contribution >= 0.6 is 23.1 Å². The van der Waals surface area contributed by atoms with Crippen LogP contribution < -0.4 is 10.6 Å². The second kappa shape index (κ2) is 5.02. The van der Waals surface area contributed by atoms with Crippen LogP contribution in [0.4, 0.5) is 11.9 Å². The highest BCUT2D eigenvalue weighted by molar-refractivity contribution is 8.00. The van der Waals surface area contributed by atoms with Gasteiger partial charge in [-0.05, 0) is 24.6 Å². The Balaban J connectivity index is 1.85.